The van der Waals surface area contributed by atoms with E-state index in [0.717, 1.165) is 27.8 Å². The maximum atomic E-state index is 13.9. The number of pyridine rings is 1. The van der Waals surface area contributed by atoms with E-state index in [4.69, 9.17) is 0 Å². The summed E-state index contributed by atoms with van der Waals surface area (Å²) < 4.78 is 13.9. The van der Waals surface area contributed by atoms with Crippen LogP contribution in [-0.4, -0.2) is 11.3 Å². The van der Waals surface area contributed by atoms with Crippen molar-refractivity contribution in [1.82, 2.24) is 4.98 Å². The fourth-order valence-corrected chi connectivity index (χ4v) is 3.24. The number of nitrogens with zero attached hydrogens (tertiary/aromatic N) is 1. The van der Waals surface area contributed by atoms with Crippen LogP contribution in [0.2, 0.25) is 0 Å². The van der Waals surface area contributed by atoms with Crippen LogP contribution in [0.3, 0.4) is 0 Å². The average Bonchev–Trinajstić information content (AvgIpc) is 2.78. The molecule has 1 aromatic carbocycles. The summed E-state index contributed by atoms with van der Waals surface area (Å²) in [7, 11) is 0. The molecule has 5 heteroatoms. The van der Waals surface area contributed by atoms with Crippen molar-refractivity contribution in [2.45, 2.75) is 13.8 Å². The maximum absolute atomic E-state index is 13.9. The molecule has 0 aliphatic rings. The molecule has 106 valence electrons. The third-order valence-electron chi connectivity index (χ3n) is 3.22. The molecular weight excluding hydrogens is 287 g/mol. The molecule has 2 heterocycles. The van der Waals surface area contributed by atoms with E-state index in [1.54, 1.807) is 6.07 Å². The van der Waals surface area contributed by atoms with Gasteiger partial charge in [0.25, 0.3) is 0 Å². The number of aryl methyl sites for hydroxylation is 2. The molecule has 2 aromatic heterocycles. The Morgan fingerprint density at radius 2 is 2.05 bits per heavy atom. The van der Waals surface area contributed by atoms with Crippen molar-refractivity contribution in [1.29, 1.82) is 0 Å². The molecule has 0 spiro atoms. The maximum Gasteiger partial charge on any atom is 0.153 e. The van der Waals surface area contributed by atoms with Gasteiger partial charge in [-0.05, 0) is 43.7 Å². The minimum absolute atomic E-state index is 0.339. The minimum Gasteiger partial charge on any atom is -0.344 e. The van der Waals surface area contributed by atoms with Gasteiger partial charge in [-0.15, -0.1) is 0 Å². The highest BCUT2D eigenvalue weighted by Gasteiger charge is 2.14. The predicted molar refractivity (Wildman–Crippen MR) is 84.2 cm³/mol. The number of aromatic nitrogens is 1. The quantitative estimate of drug-likeness (QED) is 0.718. The molecule has 0 aliphatic carbocycles. The number of hydrogen-bond donors (Lipinski definition) is 1. The first-order valence-corrected chi connectivity index (χ1v) is 7.28. The Bertz CT molecular complexity index is 842. The largest absolute Gasteiger partial charge is 0.344 e. The van der Waals surface area contributed by atoms with E-state index in [2.05, 4.69) is 10.3 Å². The highest BCUT2D eigenvalue weighted by molar-refractivity contribution is 7.23. The van der Waals surface area contributed by atoms with Crippen LogP contribution in [-0.2, 0) is 0 Å². The number of rotatable bonds is 3. The van der Waals surface area contributed by atoms with Crippen molar-refractivity contribution in [2.24, 2.45) is 0 Å². The van der Waals surface area contributed by atoms with Crippen LogP contribution < -0.4 is 5.32 Å². The van der Waals surface area contributed by atoms with Gasteiger partial charge in [0.2, 0.25) is 0 Å². The zero-order valence-corrected chi connectivity index (χ0v) is 12.4. The summed E-state index contributed by atoms with van der Waals surface area (Å²) in [6.07, 6.45) is 0.782. The molecule has 0 aliphatic heterocycles. The Morgan fingerprint density at radius 1 is 1.24 bits per heavy atom. The Kier molecular flexibility index (Phi) is 3.43. The second kappa shape index (κ2) is 5.26. The number of hydrogen-bond acceptors (Lipinski definition) is 4. The van der Waals surface area contributed by atoms with Crippen LogP contribution in [0.5, 0.6) is 0 Å². The van der Waals surface area contributed by atoms with E-state index in [1.807, 2.05) is 32.0 Å². The van der Waals surface area contributed by atoms with E-state index in [1.165, 1.54) is 17.4 Å². The molecule has 0 amide bonds. The lowest BCUT2D eigenvalue weighted by atomic mass is 10.2. The Labute approximate surface area is 125 Å². The molecule has 0 bridgehead atoms. The average molecular weight is 300 g/mol. The number of anilines is 2. The molecule has 1 N–H and O–H groups in total. The molecule has 0 saturated carbocycles. The number of fused-ring (bicyclic) bond motifs is 1. The highest BCUT2D eigenvalue weighted by atomic mass is 32.1. The van der Waals surface area contributed by atoms with E-state index in [9.17, 15) is 9.18 Å². The van der Waals surface area contributed by atoms with Crippen LogP contribution >= 0.6 is 11.3 Å². The second-order valence-electron chi connectivity index (χ2n) is 4.88. The van der Waals surface area contributed by atoms with Crippen LogP contribution in [0.4, 0.5) is 15.1 Å². The van der Waals surface area contributed by atoms with Gasteiger partial charge in [-0.25, -0.2) is 9.37 Å². The molecule has 0 saturated heterocycles. The third kappa shape index (κ3) is 2.52. The van der Waals surface area contributed by atoms with Crippen molar-refractivity contribution in [3.05, 3.63) is 53.0 Å². The van der Waals surface area contributed by atoms with Crippen LogP contribution in [0, 0.1) is 19.7 Å². The van der Waals surface area contributed by atoms with Crippen LogP contribution in [0.1, 0.15) is 21.6 Å². The van der Waals surface area contributed by atoms with Gasteiger partial charge in [0.1, 0.15) is 15.6 Å². The monoisotopic (exact) mass is 300 g/mol. The highest BCUT2D eigenvalue weighted by Crippen LogP contribution is 2.36. The van der Waals surface area contributed by atoms with Crippen LogP contribution in [0.15, 0.2) is 30.3 Å². The van der Waals surface area contributed by atoms with Crippen molar-refractivity contribution >= 4 is 38.5 Å². The lowest BCUT2D eigenvalue weighted by Gasteiger charge is -2.06. The summed E-state index contributed by atoms with van der Waals surface area (Å²) in [6, 6.07) is 8.68. The molecule has 3 nitrogen and oxygen atoms in total. The number of nitrogens with one attached hydrogen (secondary N) is 1. The zero-order chi connectivity index (χ0) is 15.0. The summed E-state index contributed by atoms with van der Waals surface area (Å²) in [5.74, 6) is -0.339. The molecule has 0 atom stereocenters. The van der Waals surface area contributed by atoms with Crippen molar-refractivity contribution in [3.8, 4) is 0 Å². The van der Waals surface area contributed by atoms with Gasteiger partial charge < -0.3 is 5.32 Å². The topological polar surface area (TPSA) is 42.0 Å². The molecule has 21 heavy (non-hydrogen) atoms. The minimum atomic E-state index is -0.339. The molecule has 3 rings (SSSR count). The normalized spacial score (nSPS) is 10.8. The summed E-state index contributed by atoms with van der Waals surface area (Å²) in [5.41, 5.74) is 2.60. The van der Waals surface area contributed by atoms with Gasteiger partial charge in [-0.1, -0.05) is 17.4 Å². The summed E-state index contributed by atoms with van der Waals surface area (Å²) in [6.45, 7) is 3.72. The van der Waals surface area contributed by atoms with Gasteiger partial charge >= 0.3 is 0 Å². The van der Waals surface area contributed by atoms with Gasteiger partial charge in [-0.2, -0.15) is 0 Å². The molecule has 0 radical (unpaired) electrons. The van der Waals surface area contributed by atoms with Crippen molar-refractivity contribution in [2.75, 3.05) is 5.32 Å². The van der Waals surface area contributed by atoms with Gasteiger partial charge in [0, 0.05) is 11.1 Å². The number of benzene rings is 1. The first-order chi connectivity index (χ1) is 10.1. The second-order valence-corrected chi connectivity index (χ2v) is 5.88. The predicted octanol–water partition coefficient (Wildman–Crippen LogP) is 4.61. The molecule has 0 unspecified atom stereocenters. The number of carbonyl (C=O) groups is 1. The number of aldehydes is 1. The third-order valence-corrected chi connectivity index (χ3v) is 4.25. The SMILES string of the molecule is Cc1ccc(Nc2sc3nc(C)ccc3c2C=O)c(F)c1. The Balaban J connectivity index is 2.09. The number of thiophene rings is 1. The lowest BCUT2D eigenvalue weighted by molar-refractivity contribution is 0.112. The summed E-state index contributed by atoms with van der Waals surface area (Å²) in [5, 5.41) is 4.40. The van der Waals surface area contributed by atoms with Crippen molar-refractivity contribution < 1.29 is 9.18 Å². The zero-order valence-electron chi connectivity index (χ0n) is 11.6. The Hall–Kier alpha value is -2.27. The van der Waals surface area contributed by atoms with Gasteiger partial charge in [0.15, 0.2) is 6.29 Å². The molecular formula is C16H13FN2OS. The number of halogens is 1. The number of carbonyl (C=O) groups excluding carboxylic acids is 1. The fourth-order valence-electron chi connectivity index (χ4n) is 2.14. The van der Waals surface area contributed by atoms with Crippen molar-refractivity contribution in [3.63, 3.8) is 0 Å². The van der Waals surface area contributed by atoms with E-state index in [-0.39, 0.29) is 5.82 Å². The fraction of sp³-hybridized carbons (Fsp3) is 0.125. The Morgan fingerprint density at radius 3 is 2.76 bits per heavy atom. The van der Waals surface area contributed by atoms with E-state index in [0.29, 0.717) is 16.3 Å². The van der Waals surface area contributed by atoms with Gasteiger partial charge in [0.05, 0.1) is 11.3 Å². The lowest BCUT2D eigenvalue weighted by Crippen LogP contribution is -1.94. The van der Waals surface area contributed by atoms with Crippen LogP contribution in [0.25, 0.3) is 10.2 Å². The standard InChI is InChI=1S/C16H13FN2OS/c1-9-3-6-14(13(17)7-9)19-16-12(8-20)11-5-4-10(2)18-15(11)21-16/h3-8,19H,1-2H3. The molecule has 3 aromatic rings. The first kappa shape index (κ1) is 13.7. The summed E-state index contributed by atoms with van der Waals surface area (Å²) >= 11 is 1.35. The van der Waals surface area contributed by atoms with E-state index < -0.39 is 0 Å². The van der Waals surface area contributed by atoms with E-state index >= 15 is 0 Å². The van der Waals surface area contributed by atoms with Gasteiger partial charge in [-0.3, -0.25) is 4.79 Å². The smallest absolute Gasteiger partial charge is 0.153 e. The summed E-state index contributed by atoms with van der Waals surface area (Å²) in [4.78, 5) is 16.5. The molecule has 0 fully saturated rings. The first-order valence-electron chi connectivity index (χ1n) is 6.47.